The van der Waals surface area contributed by atoms with E-state index in [1.54, 1.807) is 0 Å². The highest BCUT2D eigenvalue weighted by Crippen LogP contribution is 2.36. The standard InChI is InChI=1S/C14H9Br4N/c15-7-14(18)19-12-3-1-8(16)5-10(12)11-6-9(17)2-4-13(11)19/h1-6,14H,7H2. The van der Waals surface area contributed by atoms with Crippen LogP contribution in [0.2, 0.25) is 0 Å². The van der Waals surface area contributed by atoms with Crippen molar-refractivity contribution in [3.8, 4) is 0 Å². The predicted octanol–water partition coefficient (Wildman–Crippen LogP) is 6.61. The van der Waals surface area contributed by atoms with Crippen LogP contribution in [0.5, 0.6) is 0 Å². The molecule has 1 unspecified atom stereocenters. The number of fused-ring (bicyclic) bond motifs is 3. The molecular formula is C14H9Br4N. The molecule has 0 bridgehead atoms. The molecule has 0 spiro atoms. The van der Waals surface area contributed by atoms with Crippen LogP contribution < -0.4 is 0 Å². The first kappa shape index (κ1) is 14.1. The van der Waals surface area contributed by atoms with Crippen molar-refractivity contribution in [2.75, 3.05) is 5.33 Å². The topological polar surface area (TPSA) is 4.93 Å². The van der Waals surface area contributed by atoms with E-state index in [-0.39, 0.29) is 4.95 Å². The molecular weight excluding hydrogens is 502 g/mol. The van der Waals surface area contributed by atoms with Crippen molar-refractivity contribution < 1.29 is 0 Å². The van der Waals surface area contributed by atoms with Gasteiger partial charge in [0.25, 0.3) is 0 Å². The first-order valence-electron chi connectivity index (χ1n) is 5.70. The van der Waals surface area contributed by atoms with E-state index in [4.69, 9.17) is 0 Å². The molecule has 19 heavy (non-hydrogen) atoms. The van der Waals surface area contributed by atoms with Gasteiger partial charge in [0.05, 0.1) is 16.0 Å². The zero-order valence-electron chi connectivity index (χ0n) is 9.71. The number of halogens is 4. The SMILES string of the molecule is BrCC(Br)n1c2ccc(Br)cc2c2cc(Br)ccc21. The molecule has 3 aromatic rings. The molecule has 0 saturated carbocycles. The summed E-state index contributed by atoms with van der Waals surface area (Å²) in [5.74, 6) is 0. The Kier molecular flexibility index (Phi) is 4.09. The summed E-state index contributed by atoms with van der Waals surface area (Å²) in [6, 6.07) is 12.8. The van der Waals surface area contributed by atoms with Crippen LogP contribution >= 0.6 is 63.7 Å². The van der Waals surface area contributed by atoms with Crippen molar-refractivity contribution >= 4 is 85.5 Å². The van der Waals surface area contributed by atoms with Crippen LogP contribution in [0.15, 0.2) is 45.3 Å². The quantitative estimate of drug-likeness (QED) is 0.342. The Morgan fingerprint density at radius 1 is 0.895 bits per heavy atom. The molecule has 0 aliphatic carbocycles. The molecule has 0 N–H and O–H groups in total. The van der Waals surface area contributed by atoms with E-state index in [0.717, 1.165) is 14.3 Å². The van der Waals surface area contributed by atoms with Gasteiger partial charge < -0.3 is 4.57 Å². The van der Waals surface area contributed by atoms with Gasteiger partial charge in [-0.05, 0) is 36.4 Å². The summed E-state index contributed by atoms with van der Waals surface area (Å²) in [6.45, 7) is 0. The number of rotatable bonds is 2. The Morgan fingerprint density at radius 3 is 1.79 bits per heavy atom. The summed E-state index contributed by atoms with van der Waals surface area (Å²) >= 11 is 14.4. The second-order valence-electron chi connectivity index (χ2n) is 4.28. The highest BCUT2D eigenvalue weighted by atomic mass is 79.9. The number of hydrogen-bond donors (Lipinski definition) is 0. The van der Waals surface area contributed by atoms with E-state index in [1.807, 2.05) is 0 Å². The van der Waals surface area contributed by atoms with Gasteiger partial charge in [-0.3, -0.25) is 0 Å². The fraction of sp³-hybridized carbons (Fsp3) is 0.143. The molecule has 0 aliphatic rings. The summed E-state index contributed by atoms with van der Waals surface area (Å²) in [6.07, 6.45) is 0. The van der Waals surface area contributed by atoms with E-state index in [0.29, 0.717) is 0 Å². The van der Waals surface area contributed by atoms with E-state index in [1.165, 1.54) is 21.8 Å². The summed E-state index contributed by atoms with van der Waals surface area (Å²) in [5.41, 5.74) is 2.47. The smallest absolute Gasteiger partial charge is 0.0991 e. The van der Waals surface area contributed by atoms with Crippen molar-refractivity contribution in [2.45, 2.75) is 4.95 Å². The first-order valence-corrected chi connectivity index (χ1v) is 9.33. The molecule has 2 aromatic carbocycles. The Bertz CT molecular complexity index is 704. The Morgan fingerprint density at radius 2 is 1.37 bits per heavy atom. The second-order valence-corrected chi connectivity index (χ2v) is 7.82. The normalized spacial score (nSPS) is 13.3. The lowest BCUT2D eigenvalue weighted by Gasteiger charge is -2.12. The van der Waals surface area contributed by atoms with Gasteiger partial charge in [-0.15, -0.1) is 0 Å². The van der Waals surface area contributed by atoms with E-state index >= 15 is 0 Å². The Hall–Kier alpha value is 0.160. The van der Waals surface area contributed by atoms with E-state index in [9.17, 15) is 0 Å². The molecule has 0 saturated heterocycles. The lowest BCUT2D eigenvalue weighted by atomic mass is 10.2. The Labute approximate surface area is 144 Å². The number of hydrogen-bond acceptors (Lipinski definition) is 0. The monoisotopic (exact) mass is 507 g/mol. The minimum Gasteiger partial charge on any atom is -0.326 e. The summed E-state index contributed by atoms with van der Waals surface area (Å²) < 4.78 is 4.52. The number of benzene rings is 2. The minimum absolute atomic E-state index is 0.231. The second kappa shape index (κ2) is 5.51. The molecule has 1 heterocycles. The fourth-order valence-corrected chi connectivity index (χ4v) is 3.82. The van der Waals surface area contributed by atoms with Gasteiger partial charge in [0.15, 0.2) is 0 Å². The van der Waals surface area contributed by atoms with Gasteiger partial charge in [0.1, 0.15) is 0 Å². The lowest BCUT2D eigenvalue weighted by Crippen LogP contribution is -2.02. The molecule has 3 rings (SSSR count). The Balaban J connectivity index is 2.50. The van der Waals surface area contributed by atoms with Crippen molar-refractivity contribution in [1.29, 1.82) is 0 Å². The summed E-state index contributed by atoms with van der Waals surface area (Å²) in [4.78, 5) is 0.231. The van der Waals surface area contributed by atoms with Crippen molar-refractivity contribution in [3.63, 3.8) is 0 Å². The molecule has 0 aliphatic heterocycles. The largest absolute Gasteiger partial charge is 0.326 e. The lowest BCUT2D eigenvalue weighted by molar-refractivity contribution is 0.832. The maximum absolute atomic E-state index is 3.74. The fourth-order valence-electron chi connectivity index (χ4n) is 2.37. The van der Waals surface area contributed by atoms with E-state index < -0.39 is 0 Å². The van der Waals surface area contributed by atoms with E-state index in [2.05, 4.69) is 105 Å². The van der Waals surface area contributed by atoms with Gasteiger partial charge in [-0.1, -0.05) is 63.7 Å². The highest BCUT2D eigenvalue weighted by Gasteiger charge is 2.15. The van der Waals surface area contributed by atoms with Crippen molar-refractivity contribution in [1.82, 2.24) is 4.57 Å². The predicted molar refractivity (Wildman–Crippen MR) is 96.6 cm³/mol. The third-order valence-corrected chi connectivity index (χ3v) is 6.34. The zero-order chi connectivity index (χ0) is 13.6. The van der Waals surface area contributed by atoms with Crippen LogP contribution in [0.1, 0.15) is 4.95 Å². The molecule has 1 nitrogen and oxygen atoms in total. The summed E-state index contributed by atoms with van der Waals surface area (Å²) in [5, 5.41) is 3.38. The molecule has 5 heteroatoms. The maximum Gasteiger partial charge on any atom is 0.0991 e. The first-order chi connectivity index (χ1) is 9.11. The third-order valence-electron chi connectivity index (χ3n) is 3.13. The van der Waals surface area contributed by atoms with Crippen LogP contribution in [0.25, 0.3) is 21.8 Å². The van der Waals surface area contributed by atoms with Crippen molar-refractivity contribution in [2.24, 2.45) is 0 Å². The molecule has 0 amide bonds. The van der Waals surface area contributed by atoms with Crippen LogP contribution in [0.3, 0.4) is 0 Å². The van der Waals surface area contributed by atoms with Gasteiger partial charge in [-0.2, -0.15) is 0 Å². The minimum atomic E-state index is 0.231. The zero-order valence-corrected chi connectivity index (χ0v) is 16.1. The molecule has 1 aromatic heterocycles. The summed E-state index contributed by atoms with van der Waals surface area (Å²) in [7, 11) is 0. The average molecular weight is 511 g/mol. The van der Waals surface area contributed by atoms with Crippen LogP contribution in [-0.4, -0.2) is 9.90 Å². The highest BCUT2D eigenvalue weighted by molar-refractivity contribution is 9.12. The maximum atomic E-state index is 3.74. The third kappa shape index (κ3) is 2.43. The van der Waals surface area contributed by atoms with Gasteiger partial charge in [0, 0.05) is 25.0 Å². The number of nitrogens with zero attached hydrogens (tertiary/aromatic N) is 1. The molecule has 0 radical (unpaired) electrons. The van der Waals surface area contributed by atoms with Gasteiger partial charge in [0.2, 0.25) is 0 Å². The number of alkyl halides is 2. The van der Waals surface area contributed by atoms with Gasteiger partial charge >= 0.3 is 0 Å². The molecule has 0 fully saturated rings. The molecule has 1 atom stereocenters. The van der Waals surface area contributed by atoms with Gasteiger partial charge in [-0.25, -0.2) is 0 Å². The molecule has 98 valence electrons. The van der Waals surface area contributed by atoms with Crippen LogP contribution in [0, 0.1) is 0 Å². The number of aromatic nitrogens is 1. The van der Waals surface area contributed by atoms with Crippen LogP contribution in [0.4, 0.5) is 0 Å². The van der Waals surface area contributed by atoms with Crippen molar-refractivity contribution in [3.05, 3.63) is 45.3 Å². The van der Waals surface area contributed by atoms with Crippen LogP contribution in [-0.2, 0) is 0 Å². The average Bonchev–Trinajstić information content (AvgIpc) is 2.71.